The van der Waals surface area contributed by atoms with E-state index >= 15 is 0 Å². The fraction of sp³-hybridized carbons (Fsp3) is 0.391. The molecule has 1 fully saturated rings. The molecule has 2 aromatic rings. The van der Waals surface area contributed by atoms with Gasteiger partial charge in [-0.3, -0.25) is 19.6 Å². The Labute approximate surface area is 206 Å². The van der Waals surface area contributed by atoms with Crippen LogP contribution in [-0.2, 0) is 10.2 Å². The number of hydrogen-bond acceptors (Lipinski definition) is 8. The van der Waals surface area contributed by atoms with Gasteiger partial charge in [-0.1, -0.05) is 0 Å². The Morgan fingerprint density at radius 1 is 1.19 bits per heavy atom. The normalized spacial score (nSPS) is 22.8. The van der Waals surface area contributed by atoms with Crippen LogP contribution in [0.15, 0.2) is 39.3 Å². The Hall–Kier alpha value is -3.94. The third kappa shape index (κ3) is 3.91. The lowest BCUT2D eigenvalue weighted by molar-refractivity contribution is -0.135. The molecule has 1 aliphatic carbocycles. The first-order valence-corrected chi connectivity index (χ1v) is 11.7. The summed E-state index contributed by atoms with van der Waals surface area (Å²) in [5.74, 6) is -0.752. The number of alkyl halides is 3. The number of amidine groups is 1. The Bertz CT molecular complexity index is 1440. The third-order valence-corrected chi connectivity index (χ3v) is 6.80. The Kier molecular flexibility index (Phi) is 5.26. The van der Waals surface area contributed by atoms with Crippen molar-refractivity contribution in [2.75, 3.05) is 12.0 Å². The topological polar surface area (TPSA) is 128 Å². The zero-order valence-corrected chi connectivity index (χ0v) is 19.2. The van der Waals surface area contributed by atoms with Crippen LogP contribution < -0.4 is 16.3 Å². The molecule has 1 saturated carbocycles. The molecule has 1 unspecified atom stereocenters. The molecule has 0 saturated heterocycles. The molecule has 0 aromatic carbocycles. The lowest BCUT2D eigenvalue weighted by atomic mass is 9.74. The molecule has 192 valence electrons. The fourth-order valence-electron chi connectivity index (χ4n) is 5.10. The number of fused-ring (bicyclic) bond motifs is 2. The first kappa shape index (κ1) is 23.5. The van der Waals surface area contributed by atoms with Crippen molar-refractivity contribution in [3.63, 3.8) is 0 Å². The second kappa shape index (κ2) is 8.30. The van der Waals surface area contributed by atoms with Gasteiger partial charge in [0, 0.05) is 6.42 Å². The summed E-state index contributed by atoms with van der Waals surface area (Å²) in [7, 11) is 0. The Morgan fingerprint density at radius 3 is 2.70 bits per heavy atom. The summed E-state index contributed by atoms with van der Waals surface area (Å²) in [4.78, 5) is 46.8. The van der Waals surface area contributed by atoms with Crippen molar-refractivity contribution in [3.8, 4) is 0 Å². The molecular weight excluding hydrogens is 496 g/mol. The zero-order chi connectivity index (χ0) is 25.9. The van der Waals surface area contributed by atoms with Crippen LogP contribution in [0.5, 0.6) is 0 Å². The van der Waals surface area contributed by atoms with Crippen molar-refractivity contribution in [3.05, 3.63) is 57.8 Å². The summed E-state index contributed by atoms with van der Waals surface area (Å²) in [6.07, 6.45) is -1.52. The maximum atomic E-state index is 13.6. The molecule has 4 aliphatic rings. The van der Waals surface area contributed by atoms with E-state index in [1.165, 1.54) is 23.3 Å². The zero-order valence-electron chi connectivity index (χ0n) is 19.2. The minimum absolute atomic E-state index is 0.0147. The van der Waals surface area contributed by atoms with Crippen LogP contribution >= 0.6 is 0 Å². The Morgan fingerprint density at radius 2 is 2.00 bits per heavy atom. The average molecular weight is 516 g/mol. The minimum Gasteiger partial charge on any atom is -0.309 e. The number of hydrazine groups is 1. The summed E-state index contributed by atoms with van der Waals surface area (Å²) in [5.41, 5.74) is 1.85. The fourth-order valence-corrected chi connectivity index (χ4v) is 5.10. The predicted molar refractivity (Wildman–Crippen MR) is 124 cm³/mol. The summed E-state index contributed by atoms with van der Waals surface area (Å²) >= 11 is 0. The van der Waals surface area contributed by atoms with Crippen molar-refractivity contribution >= 4 is 29.0 Å². The highest BCUT2D eigenvalue weighted by molar-refractivity contribution is 6.43. The van der Waals surface area contributed by atoms with Crippen molar-refractivity contribution in [2.45, 2.75) is 43.7 Å². The van der Waals surface area contributed by atoms with Gasteiger partial charge in [-0.2, -0.15) is 13.2 Å². The van der Waals surface area contributed by atoms with Crippen molar-refractivity contribution in [1.29, 1.82) is 0 Å². The van der Waals surface area contributed by atoms with Gasteiger partial charge >= 0.3 is 6.18 Å². The van der Waals surface area contributed by atoms with Gasteiger partial charge in [0.05, 0.1) is 29.4 Å². The highest BCUT2D eigenvalue weighted by Gasteiger charge is 2.60. The van der Waals surface area contributed by atoms with Crippen molar-refractivity contribution in [2.24, 2.45) is 15.9 Å². The molecule has 3 N–H and O–H groups in total. The standard InChI is InChI=1S/C23H20F4N8O2/c24-12-5-6-15(28-8-12)23(11-3-4-11)16-18(34-21(23)37)32-17(33-20(16)36)14-9-35-19(29-10-30-35)13(31-14)2-1-7-22(25,26)27/h5-6,8-9,11,30H,1-4,7,10H2,(H2,32,33,34,36,37). The largest absolute Gasteiger partial charge is 0.389 e. The highest BCUT2D eigenvalue weighted by atomic mass is 19.4. The van der Waals surface area contributed by atoms with Crippen LogP contribution in [-0.4, -0.2) is 50.3 Å². The third-order valence-electron chi connectivity index (χ3n) is 6.80. The van der Waals surface area contributed by atoms with Gasteiger partial charge in [-0.05, 0) is 43.7 Å². The van der Waals surface area contributed by atoms with Gasteiger partial charge in [0.25, 0.3) is 5.56 Å². The van der Waals surface area contributed by atoms with Gasteiger partial charge < -0.3 is 10.3 Å². The number of H-pyrrole nitrogens is 1. The van der Waals surface area contributed by atoms with E-state index in [9.17, 15) is 27.2 Å². The van der Waals surface area contributed by atoms with Crippen molar-refractivity contribution < 1.29 is 22.4 Å². The number of nitrogens with zero attached hydrogens (tertiary/aromatic N) is 5. The van der Waals surface area contributed by atoms with E-state index < -0.39 is 35.3 Å². The predicted octanol–water partition coefficient (Wildman–Crippen LogP) is 2.61. The molecule has 5 heterocycles. The van der Waals surface area contributed by atoms with Crippen LogP contribution in [0.4, 0.5) is 23.4 Å². The van der Waals surface area contributed by atoms with Crippen LogP contribution in [0.3, 0.4) is 0 Å². The number of aromatic nitrogens is 3. The number of rotatable bonds is 6. The number of amides is 1. The lowest BCUT2D eigenvalue weighted by Gasteiger charge is -2.26. The summed E-state index contributed by atoms with van der Waals surface area (Å²) in [6.45, 7) is 0.218. The monoisotopic (exact) mass is 516 g/mol. The maximum Gasteiger partial charge on any atom is 0.389 e. The number of nitrogens with one attached hydrogen (secondary N) is 3. The van der Waals surface area contributed by atoms with E-state index in [2.05, 4.69) is 35.7 Å². The molecule has 0 spiro atoms. The number of carbonyl (C=O) groups excluding carboxylic acids is 1. The molecule has 1 amide bonds. The summed E-state index contributed by atoms with van der Waals surface area (Å²) in [6, 6.07) is 2.59. The molecule has 10 nitrogen and oxygen atoms in total. The van der Waals surface area contributed by atoms with E-state index in [0.29, 0.717) is 24.4 Å². The number of pyridine rings is 1. The lowest BCUT2D eigenvalue weighted by Crippen LogP contribution is -2.42. The molecular formula is C23H20F4N8O2. The number of hydrogen-bond donors (Lipinski definition) is 3. The number of aromatic amines is 1. The van der Waals surface area contributed by atoms with E-state index in [-0.39, 0.29) is 54.0 Å². The average Bonchev–Trinajstić information content (AvgIpc) is 3.49. The molecule has 0 radical (unpaired) electrons. The number of halogens is 4. The first-order chi connectivity index (χ1) is 17.7. The Balaban J connectivity index is 1.39. The highest BCUT2D eigenvalue weighted by Crippen LogP contribution is 2.54. The first-order valence-electron chi connectivity index (χ1n) is 11.7. The molecule has 3 aliphatic heterocycles. The van der Waals surface area contributed by atoms with Gasteiger partial charge in [-0.25, -0.2) is 24.8 Å². The quantitative estimate of drug-likeness (QED) is 0.507. The van der Waals surface area contributed by atoms with Crippen LogP contribution in [0.25, 0.3) is 5.70 Å². The second-order valence-electron chi connectivity index (χ2n) is 9.25. The van der Waals surface area contributed by atoms with Gasteiger partial charge in [0.2, 0.25) is 5.91 Å². The second-order valence-corrected chi connectivity index (χ2v) is 9.25. The summed E-state index contributed by atoms with van der Waals surface area (Å²) < 4.78 is 51.6. The van der Waals surface area contributed by atoms with Crippen LogP contribution in [0.1, 0.15) is 49.2 Å². The SMILES string of the molecule is O=C1Nc2nc(C3=CN4NCN=C4C(CCCC(F)(F)F)=N3)[nH]c(=O)c2C1(c1ccc(F)cn1)C1CC1. The van der Waals surface area contributed by atoms with E-state index in [0.717, 1.165) is 6.20 Å². The van der Waals surface area contributed by atoms with Gasteiger partial charge in [-0.15, -0.1) is 0 Å². The van der Waals surface area contributed by atoms with E-state index in [1.54, 1.807) is 0 Å². The number of anilines is 1. The molecule has 0 bridgehead atoms. The number of carbonyl (C=O) groups is 1. The molecule has 6 rings (SSSR count). The smallest absolute Gasteiger partial charge is 0.309 e. The van der Waals surface area contributed by atoms with E-state index in [4.69, 9.17) is 0 Å². The van der Waals surface area contributed by atoms with E-state index in [1.807, 2.05) is 0 Å². The maximum absolute atomic E-state index is 13.6. The van der Waals surface area contributed by atoms with Crippen molar-refractivity contribution in [1.82, 2.24) is 25.4 Å². The van der Waals surface area contributed by atoms with Crippen LogP contribution in [0.2, 0.25) is 0 Å². The van der Waals surface area contributed by atoms with Gasteiger partial charge in [0.1, 0.15) is 29.4 Å². The minimum atomic E-state index is -4.29. The molecule has 14 heteroatoms. The molecule has 1 atom stereocenters. The van der Waals surface area contributed by atoms with Crippen LogP contribution in [0, 0.1) is 11.7 Å². The van der Waals surface area contributed by atoms with Gasteiger partial charge in [0.15, 0.2) is 11.7 Å². The molecule has 37 heavy (non-hydrogen) atoms. The summed E-state index contributed by atoms with van der Waals surface area (Å²) in [5, 5.41) is 4.22. The molecule has 2 aromatic heterocycles. The number of aliphatic imine (C=N–C) groups is 2.